The molecule has 0 fully saturated rings. The zero-order valence-electron chi connectivity index (χ0n) is 16.1. The van der Waals surface area contributed by atoms with Crippen molar-refractivity contribution in [1.82, 2.24) is 0 Å². The van der Waals surface area contributed by atoms with Gasteiger partial charge in [-0.25, -0.2) is 0 Å². The first-order chi connectivity index (χ1) is 14.5. The molecule has 6 N–H and O–H groups in total. The van der Waals surface area contributed by atoms with Crippen LogP contribution in [0.15, 0.2) is 91.0 Å². The SMILES string of the molecule is Nc1ccc(Oc2cc(Oc3cccc(N)c3)ccc2Oc2cccc(N)c2)cc1. The molecular formula is C24H21N3O3. The molecule has 0 aliphatic heterocycles. The van der Waals surface area contributed by atoms with E-state index >= 15 is 0 Å². The second-order valence-corrected chi connectivity index (χ2v) is 6.63. The first-order valence-electron chi connectivity index (χ1n) is 9.29. The molecule has 0 radical (unpaired) electrons. The van der Waals surface area contributed by atoms with Crippen LogP contribution in [0, 0.1) is 0 Å². The van der Waals surface area contributed by atoms with Crippen LogP contribution < -0.4 is 31.4 Å². The third kappa shape index (κ3) is 4.74. The standard InChI is InChI=1S/C24H21N3O3/c25-16-7-9-19(10-8-16)29-24-15-22(28-20-5-1-3-17(26)13-20)11-12-23(24)30-21-6-2-4-18(27)14-21/h1-15H,25-27H2. The van der Waals surface area contributed by atoms with Crippen LogP contribution in [-0.2, 0) is 0 Å². The van der Waals surface area contributed by atoms with Gasteiger partial charge in [-0.3, -0.25) is 0 Å². The maximum absolute atomic E-state index is 6.05. The van der Waals surface area contributed by atoms with Crippen molar-refractivity contribution in [1.29, 1.82) is 0 Å². The van der Waals surface area contributed by atoms with Crippen LogP contribution in [0.5, 0.6) is 34.5 Å². The Bertz CT molecular complexity index is 1160. The van der Waals surface area contributed by atoms with Crippen molar-refractivity contribution in [3.05, 3.63) is 91.0 Å². The van der Waals surface area contributed by atoms with Gasteiger partial charge in [-0.1, -0.05) is 12.1 Å². The van der Waals surface area contributed by atoms with Gasteiger partial charge in [-0.15, -0.1) is 0 Å². The lowest BCUT2D eigenvalue weighted by Gasteiger charge is -2.15. The summed E-state index contributed by atoms with van der Waals surface area (Å²) >= 11 is 0. The molecule has 4 rings (SSSR count). The lowest BCUT2D eigenvalue weighted by Crippen LogP contribution is -1.94. The molecule has 0 spiro atoms. The summed E-state index contributed by atoms with van der Waals surface area (Å²) in [4.78, 5) is 0. The largest absolute Gasteiger partial charge is 0.457 e. The smallest absolute Gasteiger partial charge is 0.173 e. The highest BCUT2D eigenvalue weighted by atomic mass is 16.5. The monoisotopic (exact) mass is 399 g/mol. The third-order valence-corrected chi connectivity index (χ3v) is 4.20. The fourth-order valence-electron chi connectivity index (χ4n) is 2.80. The van der Waals surface area contributed by atoms with Gasteiger partial charge in [-0.05, 0) is 60.7 Å². The van der Waals surface area contributed by atoms with Gasteiger partial charge < -0.3 is 31.4 Å². The van der Waals surface area contributed by atoms with Gasteiger partial charge in [0.1, 0.15) is 23.0 Å². The minimum absolute atomic E-state index is 0.476. The molecular weight excluding hydrogens is 378 g/mol. The van der Waals surface area contributed by atoms with E-state index in [4.69, 9.17) is 31.4 Å². The van der Waals surface area contributed by atoms with Crippen LogP contribution in [-0.4, -0.2) is 0 Å². The molecule has 0 heterocycles. The Hall–Kier alpha value is -4.32. The minimum Gasteiger partial charge on any atom is -0.457 e. The minimum atomic E-state index is 0.476. The van der Waals surface area contributed by atoms with Crippen molar-refractivity contribution in [2.45, 2.75) is 0 Å². The van der Waals surface area contributed by atoms with E-state index in [1.165, 1.54) is 0 Å². The Kier molecular flexibility index (Phi) is 5.30. The number of rotatable bonds is 6. The number of anilines is 3. The first-order valence-corrected chi connectivity index (χ1v) is 9.29. The van der Waals surface area contributed by atoms with Gasteiger partial charge in [0.2, 0.25) is 0 Å². The van der Waals surface area contributed by atoms with E-state index in [0.717, 1.165) is 0 Å². The van der Waals surface area contributed by atoms with Gasteiger partial charge in [0, 0.05) is 35.3 Å². The Labute approximate surface area is 174 Å². The molecule has 0 aliphatic rings. The van der Waals surface area contributed by atoms with Crippen molar-refractivity contribution in [3.8, 4) is 34.5 Å². The first kappa shape index (κ1) is 19.0. The fraction of sp³-hybridized carbons (Fsp3) is 0. The van der Waals surface area contributed by atoms with E-state index in [9.17, 15) is 0 Å². The highest BCUT2D eigenvalue weighted by Crippen LogP contribution is 2.39. The van der Waals surface area contributed by atoms with Crippen LogP contribution in [0.1, 0.15) is 0 Å². The lowest BCUT2D eigenvalue weighted by atomic mass is 10.2. The Balaban J connectivity index is 1.66. The zero-order valence-corrected chi connectivity index (χ0v) is 16.1. The molecule has 4 aromatic rings. The fourth-order valence-corrected chi connectivity index (χ4v) is 2.80. The lowest BCUT2D eigenvalue weighted by molar-refractivity contribution is 0.412. The van der Waals surface area contributed by atoms with Gasteiger partial charge in [0.15, 0.2) is 11.5 Å². The molecule has 0 amide bonds. The highest BCUT2D eigenvalue weighted by molar-refractivity contribution is 5.53. The number of hydrogen-bond donors (Lipinski definition) is 3. The van der Waals surface area contributed by atoms with E-state index in [0.29, 0.717) is 51.6 Å². The molecule has 0 saturated carbocycles. The van der Waals surface area contributed by atoms with Crippen molar-refractivity contribution < 1.29 is 14.2 Å². The molecule has 6 nitrogen and oxygen atoms in total. The Morgan fingerprint density at radius 2 is 0.933 bits per heavy atom. The maximum atomic E-state index is 6.05. The van der Waals surface area contributed by atoms with E-state index < -0.39 is 0 Å². The summed E-state index contributed by atoms with van der Waals surface area (Å²) in [5.74, 6) is 3.40. The van der Waals surface area contributed by atoms with Gasteiger partial charge in [-0.2, -0.15) is 0 Å². The molecule has 30 heavy (non-hydrogen) atoms. The Morgan fingerprint density at radius 1 is 0.400 bits per heavy atom. The predicted molar refractivity (Wildman–Crippen MR) is 119 cm³/mol. The molecule has 0 atom stereocenters. The summed E-state index contributed by atoms with van der Waals surface area (Å²) in [7, 11) is 0. The second kappa shape index (κ2) is 8.36. The van der Waals surface area contributed by atoms with Crippen LogP contribution in [0.2, 0.25) is 0 Å². The molecule has 0 aliphatic carbocycles. The van der Waals surface area contributed by atoms with Crippen LogP contribution in [0.3, 0.4) is 0 Å². The molecule has 0 unspecified atom stereocenters. The predicted octanol–water partition coefficient (Wildman–Crippen LogP) is 5.81. The zero-order chi connectivity index (χ0) is 20.9. The molecule has 0 saturated heterocycles. The average molecular weight is 399 g/mol. The summed E-state index contributed by atoms with van der Waals surface area (Å²) in [6.45, 7) is 0. The topological polar surface area (TPSA) is 106 Å². The quantitative estimate of drug-likeness (QED) is 0.353. The third-order valence-electron chi connectivity index (χ3n) is 4.20. The van der Waals surface area contributed by atoms with E-state index in [1.807, 2.05) is 24.3 Å². The number of benzene rings is 4. The second-order valence-electron chi connectivity index (χ2n) is 6.63. The van der Waals surface area contributed by atoms with Crippen LogP contribution >= 0.6 is 0 Å². The normalized spacial score (nSPS) is 10.4. The van der Waals surface area contributed by atoms with Crippen molar-refractivity contribution in [2.75, 3.05) is 17.2 Å². The van der Waals surface area contributed by atoms with Crippen molar-refractivity contribution >= 4 is 17.1 Å². The molecule has 4 aromatic carbocycles. The molecule has 0 aromatic heterocycles. The maximum Gasteiger partial charge on any atom is 0.173 e. The van der Waals surface area contributed by atoms with E-state index in [2.05, 4.69) is 0 Å². The van der Waals surface area contributed by atoms with Gasteiger partial charge >= 0.3 is 0 Å². The van der Waals surface area contributed by atoms with Crippen molar-refractivity contribution in [3.63, 3.8) is 0 Å². The molecule has 0 bridgehead atoms. The highest BCUT2D eigenvalue weighted by Gasteiger charge is 2.11. The van der Waals surface area contributed by atoms with Gasteiger partial charge in [0.05, 0.1) is 0 Å². The van der Waals surface area contributed by atoms with Crippen molar-refractivity contribution in [2.24, 2.45) is 0 Å². The summed E-state index contributed by atoms with van der Waals surface area (Å²) in [6, 6.07) is 26.8. The number of nitrogen functional groups attached to an aromatic ring is 3. The van der Waals surface area contributed by atoms with E-state index in [1.54, 1.807) is 66.7 Å². The molecule has 6 heteroatoms. The summed E-state index contributed by atoms with van der Waals surface area (Å²) in [6.07, 6.45) is 0. The van der Waals surface area contributed by atoms with Crippen LogP contribution in [0.25, 0.3) is 0 Å². The summed E-state index contributed by atoms with van der Waals surface area (Å²) in [5, 5.41) is 0. The Morgan fingerprint density at radius 3 is 1.57 bits per heavy atom. The number of nitrogens with two attached hydrogens (primary N) is 3. The number of hydrogen-bond acceptors (Lipinski definition) is 6. The summed E-state index contributed by atoms with van der Waals surface area (Å²) in [5.41, 5.74) is 19.3. The summed E-state index contributed by atoms with van der Waals surface area (Å²) < 4.78 is 18.0. The van der Waals surface area contributed by atoms with Crippen LogP contribution in [0.4, 0.5) is 17.1 Å². The van der Waals surface area contributed by atoms with Gasteiger partial charge in [0.25, 0.3) is 0 Å². The number of ether oxygens (including phenoxy) is 3. The average Bonchev–Trinajstić information content (AvgIpc) is 2.72. The molecule has 150 valence electrons. The van der Waals surface area contributed by atoms with E-state index in [-0.39, 0.29) is 0 Å².